The predicted octanol–water partition coefficient (Wildman–Crippen LogP) is 0.976. The molecule has 1 heterocycles. The molecule has 0 spiro atoms. The van der Waals surface area contributed by atoms with E-state index in [0.29, 0.717) is 6.10 Å². The molecule has 0 aliphatic carbocycles. The fourth-order valence-electron chi connectivity index (χ4n) is 2.54. The standard InChI is InChI=1S/C13H28N2O2/c1-3-6-12(14)13(10-16)15(2)9-11-7-4-5-8-17-11/h11-13,16H,3-10,14H2,1-2H3. The van der Waals surface area contributed by atoms with Crippen molar-refractivity contribution in [2.45, 2.75) is 57.2 Å². The first kappa shape index (κ1) is 14.9. The van der Waals surface area contributed by atoms with Crippen LogP contribution >= 0.6 is 0 Å². The molecule has 0 aromatic carbocycles. The molecule has 1 rings (SSSR count). The average Bonchev–Trinajstić information content (AvgIpc) is 2.31. The van der Waals surface area contributed by atoms with E-state index in [4.69, 9.17) is 10.5 Å². The van der Waals surface area contributed by atoms with E-state index in [1.165, 1.54) is 12.8 Å². The minimum absolute atomic E-state index is 0.0543. The van der Waals surface area contributed by atoms with Gasteiger partial charge in [-0.15, -0.1) is 0 Å². The molecule has 0 amide bonds. The smallest absolute Gasteiger partial charge is 0.0702 e. The number of hydrogen-bond donors (Lipinski definition) is 2. The zero-order valence-corrected chi connectivity index (χ0v) is 11.3. The van der Waals surface area contributed by atoms with E-state index in [2.05, 4.69) is 11.8 Å². The highest BCUT2D eigenvalue weighted by Crippen LogP contribution is 2.15. The lowest BCUT2D eigenvalue weighted by Crippen LogP contribution is -2.51. The van der Waals surface area contributed by atoms with Crippen molar-refractivity contribution < 1.29 is 9.84 Å². The number of rotatable bonds is 7. The number of nitrogens with zero attached hydrogens (tertiary/aromatic N) is 1. The van der Waals surface area contributed by atoms with Gasteiger partial charge < -0.3 is 15.6 Å². The Balaban J connectivity index is 2.38. The number of nitrogens with two attached hydrogens (primary N) is 1. The van der Waals surface area contributed by atoms with Crippen LogP contribution in [0.25, 0.3) is 0 Å². The van der Waals surface area contributed by atoms with Crippen molar-refractivity contribution in [3.05, 3.63) is 0 Å². The van der Waals surface area contributed by atoms with Crippen molar-refractivity contribution >= 4 is 0 Å². The summed E-state index contributed by atoms with van der Waals surface area (Å²) in [5, 5.41) is 9.46. The maximum absolute atomic E-state index is 9.46. The summed E-state index contributed by atoms with van der Waals surface area (Å²) in [6.45, 7) is 4.01. The van der Waals surface area contributed by atoms with Crippen LogP contribution in [0.15, 0.2) is 0 Å². The minimum atomic E-state index is 0.0543. The van der Waals surface area contributed by atoms with Gasteiger partial charge in [-0.2, -0.15) is 0 Å². The number of aliphatic hydroxyl groups is 1. The largest absolute Gasteiger partial charge is 0.395 e. The molecular formula is C13H28N2O2. The van der Waals surface area contributed by atoms with Crippen LogP contribution in [0, 0.1) is 0 Å². The molecule has 3 N–H and O–H groups in total. The quantitative estimate of drug-likeness (QED) is 0.701. The van der Waals surface area contributed by atoms with E-state index >= 15 is 0 Å². The lowest BCUT2D eigenvalue weighted by molar-refractivity contribution is -0.0154. The van der Waals surface area contributed by atoms with Crippen molar-refractivity contribution in [3.63, 3.8) is 0 Å². The Labute approximate surface area is 105 Å². The molecule has 1 aliphatic rings. The van der Waals surface area contributed by atoms with Gasteiger partial charge in [-0.3, -0.25) is 4.90 Å². The fourth-order valence-corrected chi connectivity index (χ4v) is 2.54. The Kier molecular flexibility index (Phi) is 7.04. The third kappa shape index (κ3) is 4.92. The van der Waals surface area contributed by atoms with Gasteiger partial charge in [0.1, 0.15) is 0 Å². The van der Waals surface area contributed by atoms with Crippen LogP contribution in [-0.4, -0.2) is 55.0 Å². The molecule has 0 saturated carbocycles. The lowest BCUT2D eigenvalue weighted by Gasteiger charge is -2.34. The van der Waals surface area contributed by atoms with Crippen LogP contribution < -0.4 is 5.73 Å². The molecule has 1 aliphatic heterocycles. The summed E-state index contributed by atoms with van der Waals surface area (Å²) < 4.78 is 5.72. The number of likely N-dealkylation sites (N-methyl/N-ethyl adjacent to an activating group) is 1. The van der Waals surface area contributed by atoms with Crippen LogP contribution in [0.5, 0.6) is 0 Å². The van der Waals surface area contributed by atoms with Crippen molar-refractivity contribution in [1.82, 2.24) is 4.90 Å². The van der Waals surface area contributed by atoms with E-state index in [1.54, 1.807) is 0 Å². The van der Waals surface area contributed by atoms with Gasteiger partial charge in [0.25, 0.3) is 0 Å². The van der Waals surface area contributed by atoms with Crippen molar-refractivity contribution in [1.29, 1.82) is 0 Å². The third-order valence-electron chi connectivity index (χ3n) is 3.64. The predicted molar refractivity (Wildman–Crippen MR) is 70.0 cm³/mol. The molecule has 0 aromatic heterocycles. The van der Waals surface area contributed by atoms with Crippen LogP contribution in [0.2, 0.25) is 0 Å². The Bertz CT molecular complexity index is 196. The third-order valence-corrected chi connectivity index (χ3v) is 3.64. The van der Waals surface area contributed by atoms with Crippen molar-refractivity contribution in [2.24, 2.45) is 5.73 Å². The molecule has 17 heavy (non-hydrogen) atoms. The minimum Gasteiger partial charge on any atom is -0.395 e. The van der Waals surface area contributed by atoms with Gasteiger partial charge in [0.05, 0.1) is 12.7 Å². The van der Waals surface area contributed by atoms with Crippen LogP contribution in [0.3, 0.4) is 0 Å². The SMILES string of the molecule is CCCC(N)C(CO)N(C)CC1CCCCO1. The summed E-state index contributed by atoms with van der Waals surface area (Å²) in [7, 11) is 2.04. The number of aliphatic hydroxyl groups excluding tert-OH is 1. The normalized spacial score (nSPS) is 24.9. The monoisotopic (exact) mass is 244 g/mol. The fraction of sp³-hybridized carbons (Fsp3) is 1.00. The molecule has 102 valence electrons. The van der Waals surface area contributed by atoms with Gasteiger partial charge in [-0.1, -0.05) is 13.3 Å². The Hall–Kier alpha value is -0.160. The maximum Gasteiger partial charge on any atom is 0.0702 e. The highest BCUT2D eigenvalue weighted by atomic mass is 16.5. The van der Waals surface area contributed by atoms with Crippen LogP contribution in [-0.2, 0) is 4.74 Å². The molecule has 1 fully saturated rings. The van der Waals surface area contributed by atoms with E-state index in [1.807, 2.05) is 7.05 Å². The highest BCUT2D eigenvalue weighted by Gasteiger charge is 2.24. The second-order valence-corrected chi connectivity index (χ2v) is 5.13. The van der Waals surface area contributed by atoms with Crippen molar-refractivity contribution in [2.75, 3.05) is 26.8 Å². The lowest BCUT2D eigenvalue weighted by atomic mass is 10.0. The average molecular weight is 244 g/mol. The second-order valence-electron chi connectivity index (χ2n) is 5.13. The summed E-state index contributed by atoms with van der Waals surface area (Å²) in [6, 6.07) is 0.110. The van der Waals surface area contributed by atoms with Gasteiger partial charge in [0, 0.05) is 25.2 Å². The van der Waals surface area contributed by atoms with E-state index in [9.17, 15) is 5.11 Å². The van der Waals surface area contributed by atoms with Crippen LogP contribution in [0.4, 0.5) is 0 Å². The summed E-state index contributed by atoms with van der Waals surface area (Å²) in [6.07, 6.45) is 5.90. The molecule has 3 unspecified atom stereocenters. The summed E-state index contributed by atoms with van der Waals surface area (Å²) in [5.41, 5.74) is 6.10. The van der Waals surface area contributed by atoms with Gasteiger partial charge in [0.2, 0.25) is 0 Å². The number of hydrogen-bond acceptors (Lipinski definition) is 4. The Morgan fingerprint density at radius 1 is 1.47 bits per heavy atom. The summed E-state index contributed by atoms with van der Waals surface area (Å²) >= 11 is 0. The Morgan fingerprint density at radius 3 is 2.76 bits per heavy atom. The maximum atomic E-state index is 9.46. The molecular weight excluding hydrogens is 216 g/mol. The van der Waals surface area contributed by atoms with Gasteiger partial charge in [-0.05, 0) is 32.7 Å². The molecule has 3 atom stereocenters. The zero-order valence-electron chi connectivity index (χ0n) is 11.3. The van der Waals surface area contributed by atoms with Gasteiger partial charge in [0.15, 0.2) is 0 Å². The molecule has 0 bridgehead atoms. The van der Waals surface area contributed by atoms with Crippen LogP contribution in [0.1, 0.15) is 39.0 Å². The van der Waals surface area contributed by atoms with E-state index < -0.39 is 0 Å². The molecule has 4 nitrogen and oxygen atoms in total. The second kappa shape index (κ2) is 8.03. The zero-order chi connectivity index (χ0) is 12.7. The summed E-state index contributed by atoms with van der Waals surface area (Å²) in [5.74, 6) is 0. The van der Waals surface area contributed by atoms with Gasteiger partial charge >= 0.3 is 0 Å². The number of ether oxygens (including phenoxy) is 1. The van der Waals surface area contributed by atoms with E-state index in [0.717, 1.165) is 32.4 Å². The first-order valence-corrected chi connectivity index (χ1v) is 6.87. The molecule has 0 aromatic rings. The topological polar surface area (TPSA) is 58.7 Å². The van der Waals surface area contributed by atoms with E-state index in [-0.39, 0.29) is 18.7 Å². The molecule has 1 saturated heterocycles. The highest BCUT2D eigenvalue weighted by molar-refractivity contribution is 4.81. The molecule has 0 radical (unpaired) electrons. The van der Waals surface area contributed by atoms with Gasteiger partial charge in [-0.25, -0.2) is 0 Å². The first-order chi connectivity index (χ1) is 8.19. The molecule has 4 heteroatoms. The van der Waals surface area contributed by atoms with Crippen molar-refractivity contribution in [3.8, 4) is 0 Å². The summed E-state index contributed by atoms with van der Waals surface area (Å²) in [4.78, 5) is 2.16. The first-order valence-electron chi connectivity index (χ1n) is 6.87. The Morgan fingerprint density at radius 2 is 2.24 bits per heavy atom.